The first-order valence-corrected chi connectivity index (χ1v) is 7.73. The topological polar surface area (TPSA) is 23.5 Å². The maximum Gasteiger partial charge on any atom is 0.0695 e. The number of fused-ring (bicyclic) bond motifs is 1. The van der Waals surface area contributed by atoms with E-state index in [9.17, 15) is 5.11 Å². The SMILES string of the molecule is CN(Cc1ccc2c(c1)CCC2)C1CCCCC1O. The summed E-state index contributed by atoms with van der Waals surface area (Å²) in [4.78, 5) is 2.35. The molecule has 0 heterocycles. The first-order chi connectivity index (χ1) is 9.24. The number of aryl methyl sites for hydroxylation is 2. The summed E-state index contributed by atoms with van der Waals surface area (Å²) in [7, 11) is 2.16. The predicted molar refractivity (Wildman–Crippen MR) is 78.2 cm³/mol. The molecule has 0 saturated heterocycles. The first kappa shape index (κ1) is 13.1. The van der Waals surface area contributed by atoms with Crippen LogP contribution in [0.15, 0.2) is 18.2 Å². The molecule has 19 heavy (non-hydrogen) atoms. The van der Waals surface area contributed by atoms with Crippen LogP contribution in [0.5, 0.6) is 0 Å². The highest BCUT2D eigenvalue weighted by Crippen LogP contribution is 2.26. The highest BCUT2D eigenvalue weighted by molar-refractivity contribution is 5.35. The second kappa shape index (κ2) is 5.64. The molecular weight excluding hydrogens is 234 g/mol. The molecular formula is C17H25NO. The maximum absolute atomic E-state index is 10.1. The fraction of sp³-hybridized carbons (Fsp3) is 0.647. The van der Waals surface area contributed by atoms with E-state index in [4.69, 9.17) is 0 Å². The summed E-state index contributed by atoms with van der Waals surface area (Å²) in [6, 6.07) is 7.31. The summed E-state index contributed by atoms with van der Waals surface area (Å²) in [5.41, 5.74) is 4.50. The number of rotatable bonds is 3. The van der Waals surface area contributed by atoms with Crippen LogP contribution in [0.4, 0.5) is 0 Å². The molecule has 104 valence electrons. The Morgan fingerprint density at radius 3 is 2.74 bits per heavy atom. The van der Waals surface area contributed by atoms with Gasteiger partial charge < -0.3 is 5.11 Å². The van der Waals surface area contributed by atoms with Gasteiger partial charge in [-0.1, -0.05) is 31.0 Å². The van der Waals surface area contributed by atoms with Gasteiger partial charge in [0.05, 0.1) is 6.10 Å². The van der Waals surface area contributed by atoms with Crippen molar-refractivity contribution in [3.8, 4) is 0 Å². The van der Waals surface area contributed by atoms with Gasteiger partial charge in [-0.25, -0.2) is 0 Å². The van der Waals surface area contributed by atoms with Crippen molar-refractivity contribution >= 4 is 0 Å². The smallest absolute Gasteiger partial charge is 0.0695 e. The molecule has 0 aliphatic heterocycles. The molecule has 1 fully saturated rings. The molecule has 0 spiro atoms. The Labute approximate surface area is 116 Å². The van der Waals surface area contributed by atoms with E-state index < -0.39 is 0 Å². The normalized spacial score (nSPS) is 26.7. The molecule has 1 N–H and O–H groups in total. The molecule has 2 aliphatic rings. The van der Waals surface area contributed by atoms with Crippen molar-refractivity contribution in [2.45, 2.75) is 63.6 Å². The Morgan fingerprint density at radius 1 is 1.11 bits per heavy atom. The van der Waals surface area contributed by atoms with E-state index in [1.165, 1.54) is 37.7 Å². The van der Waals surface area contributed by atoms with Crippen LogP contribution in [0, 0.1) is 0 Å². The first-order valence-electron chi connectivity index (χ1n) is 7.73. The molecule has 2 unspecified atom stereocenters. The maximum atomic E-state index is 10.1. The zero-order valence-corrected chi connectivity index (χ0v) is 11.9. The molecule has 2 atom stereocenters. The Bertz CT molecular complexity index is 443. The van der Waals surface area contributed by atoms with Gasteiger partial charge in [0.15, 0.2) is 0 Å². The van der Waals surface area contributed by atoms with E-state index in [1.807, 2.05) is 0 Å². The molecule has 1 saturated carbocycles. The van der Waals surface area contributed by atoms with Gasteiger partial charge in [-0.15, -0.1) is 0 Å². The lowest BCUT2D eigenvalue weighted by Gasteiger charge is -2.35. The van der Waals surface area contributed by atoms with Gasteiger partial charge in [0.25, 0.3) is 0 Å². The molecule has 0 radical (unpaired) electrons. The standard InChI is InChI=1S/C17H25NO/c1-18(16-7-2-3-8-17(16)19)12-13-9-10-14-5-4-6-15(14)11-13/h9-11,16-17,19H,2-8,12H2,1H3. The third-order valence-electron chi connectivity index (χ3n) is 4.85. The number of hydrogen-bond donors (Lipinski definition) is 1. The molecule has 3 rings (SSSR count). The quantitative estimate of drug-likeness (QED) is 0.902. The minimum atomic E-state index is -0.131. The second-order valence-corrected chi connectivity index (χ2v) is 6.29. The minimum Gasteiger partial charge on any atom is -0.391 e. The van der Waals surface area contributed by atoms with Gasteiger partial charge in [0, 0.05) is 12.6 Å². The zero-order valence-electron chi connectivity index (χ0n) is 11.9. The van der Waals surface area contributed by atoms with Crippen LogP contribution >= 0.6 is 0 Å². The van der Waals surface area contributed by atoms with E-state index in [1.54, 1.807) is 11.1 Å². The van der Waals surface area contributed by atoms with Gasteiger partial charge >= 0.3 is 0 Å². The Hall–Kier alpha value is -0.860. The summed E-state index contributed by atoms with van der Waals surface area (Å²) >= 11 is 0. The van der Waals surface area contributed by atoms with Crippen LogP contribution in [0.3, 0.4) is 0 Å². The van der Waals surface area contributed by atoms with E-state index in [2.05, 4.69) is 30.1 Å². The largest absolute Gasteiger partial charge is 0.391 e. The van der Waals surface area contributed by atoms with Gasteiger partial charge in [0.2, 0.25) is 0 Å². The summed E-state index contributed by atoms with van der Waals surface area (Å²) in [5, 5.41) is 10.1. The fourth-order valence-electron chi connectivity index (χ4n) is 3.73. The van der Waals surface area contributed by atoms with Crippen molar-refractivity contribution in [1.82, 2.24) is 4.90 Å². The molecule has 1 aromatic carbocycles. The van der Waals surface area contributed by atoms with Crippen LogP contribution in [0.1, 0.15) is 48.8 Å². The number of aliphatic hydroxyl groups excluding tert-OH is 1. The van der Waals surface area contributed by atoms with Crippen LogP contribution < -0.4 is 0 Å². The number of benzene rings is 1. The Morgan fingerprint density at radius 2 is 1.89 bits per heavy atom. The summed E-state index contributed by atoms with van der Waals surface area (Å²) in [6.07, 6.45) is 8.25. The van der Waals surface area contributed by atoms with Gasteiger partial charge in [-0.05, 0) is 55.8 Å². The monoisotopic (exact) mass is 259 g/mol. The lowest BCUT2D eigenvalue weighted by molar-refractivity contribution is 0.0288. The lowest BCUT2D eigenvalue weighted by Crippen LogP contribution is -2.42. The van der Waals surface area contributed by atoms with Crippen molar-refractivity contribution in [2.75, 3.05) is 7.05 Å². The van der Waals surface area contributed by atoms with Crippen molar-refractivity contribution in [2.24, 2.45) is 0 Å². The summed E-state index contributed by atoms with van der Waals surface area (Å²) in [5.74, 6) is 0. The van der Waals surface area contributed by atoms with Gasteiger partial charge in [-0.3, -0.25) is 4.90 Å². The molecule has 1 aromatic rings. The second-order valence-electron chi connectivity index (χ2n) is 6.29. The molecule has 0 aromatic heterocycles. The average molecular weight is 259 g/mol. The average Bonchev–Trinajstić information content (AvgIpc) is 2.86. The van der Waals surface area contributed by atoms with Crippen LogP contribution in [-0.4, -0.2) is 29.2 Å². The molecule has 0 bridgehead atoms. The molecule has 2 aliphatic carbocycles. The van der Waals surface area contributed by atoms with Crippen molar-refractivity contribution in [3.63, 3.8) is 0 Å². The third kappa shape index (κ3) is 2.85. The highest BCUT2D eigenvalue weighted by atomic mass is 16.3. The van der Waals surface area contributed by atoms with Gasteiger partial charge in [-0.2, -0.15) is 0 Å². The fourth-order valence-corrected chi connectivity index (χ4v) is 3.73. The number of hydrogen-bond acceptors (Lipinski definition) is 2. The lowest BCUT2D eigenvalue weighted by atomic mass is 9.91. The van der Waals surface area contributed by atoms with Crippen LogP contribution in [0.2, 0.25) is 0 Å². The van der Waals surface area contributed by atoms with E-state index in [0.717, 1.165) is 19.4 Å². The Balaban J connectivity index is 1.67. The molecule has 2 nitrogen and oxygen atoms in total. The Kier molecular flexibility index (Phi) is 3.90. The van der Waals surface area contributed by atoms with Crippen LogP contribution in [0.25, 0.3) is 0 Å². The van der Waals surface area contributed by atoms with Crippen molar-refractivity contribution in [3.05, 3.63) is 34.9 Å². The summed E-state index contributed by atoms with van der Waals surface area (Å²) < 4.78 is 0. The number of aliphatic hydroxyl groups is 1. The van der Waals surface area contributed by atoms with E-state index in [0.29, 0.717) is 6.04 Å². The third-order valence-corrected chi connectivity index (χ3v) is 4.85. The molecule has 2 heteroatoms. The van der Waals surface area contributed by atoms with E-state index in [-0.39, 0.29) is 6.10 Å². The van der Waals surface area contributed by atoms with Gasteiger partial charge in [0.1, 0.15) is 0 Å². The minimum absolute atomic E-state index is 0.131. The zero-order chi connectivity index (χ0) is 13.2. The number of nitrogens with zero attached hydrogens (tertiary/aromatic N) is 1. The highest BCUT2D eigenvalue weighted by Gasteiger charge is 2.26. The van der Waals surface area contributed by atoms with E-state index >= 15 is 0 Å². The summed E-state index contributed by atoms with van der Waals surface area (Å²) in [6.45, 7) is 0.967. The van der Waals surface area contributed by atoms with Crippen molar-refractivity contribution < 1.29 is 5.11 Å². The molecule has 0 amide bonds. The van der Waals surface area contributed by atoms with Crippen molar-refractivity contribution in [1.29, 1.82) is 0 Å². The van der Waals surface area contributed by atoms with Crippen LogP contribution in [-0.2, 0) is 19.4 Å². The predicted octanol–water partition coefficient (Wildman–Crippen LogP) is 2.91. The number of likely N-dealkylation sites (N-methyl/N-ethyl adjacent to an activating group) is 1.